The average Bonchev–Trinajstić information content (AvgIpc) is 2.64. The van der Waals surface area contributed by atoms with Crippen LogP contribution in [0.1, 0.15) is 75.3 Å². The van der Waals surface area contributed by atoms with Crippen molar-refractivity contribution in [2.45, 2.75) is 69.7 Å². The highest BCUT2D eigenvalue weighted by atomic mass is 15.0. The van der Waals surface area contributed by atoms with Crippen molar-refractivity contribution in [3.05, 3.63) is 35.4 Å². The number of rotatable bonds is 3. The fourth-order valence-electron chi connectivity index (χ4n) is 3.71. The van der Waals surface area contributed by atoms with E-state index < -0.39 is 0 Å². The Balaban J connectivity index is 1.81. The summed E-state index contributed by atoms with van der Waals surface area (Å²) in [6.07, 6.45) is 10.8. The van der Waals surface area contributed by atoms with Gasteiger partial charge >= 0.3 is 0 Å². The molecule has 1 saturated carbocycles. The van der Waals surface area contributed by atoms with Gasteiger partial charge in [0.2, 0.25) is 0 Å². The van der Waals surface area contributed by atoms with Crippen molar-refractivity contribution in [1.82, 2.24) is 5.32 Å². The van der Waals surface area contributed by atoms with Gasteiger partial charge < -0.3 is 5.32 Å². The van der Waals surface area contributed by atoms with Crippen LogP contribution < -0.4 is 5.32 Å². The smallest absolute Gasteiger partial charge is 0.0432 e. The molecule has 104 valence electrons. The second kappa shape index (κ2) is 5.66. The first-order chi connectivity index (χ1) is 9.34. The molecule has 3 rings (SSSR count). The third-order valence-electron chi connectivity index (χ3n) is 5.39. The summed E-state index contributed by atoms with van der Waals surface area (Å²) in [6.45, 7) is 3.51. The van der Waals surface area contributed by atoms with Crippen molar-refractivity contribution in [3.8, 4) is 0 Å². The van der Waals surface area contributed by atoms with Gasteiger partial charge in [0.05, 0.1) is 0 Å². The molecule has 2 fully saturated rings. The normalized spacial score (nSPS) is 28.7. The molecule has 1 aliphatic carbocycles. The lowest BCUT2D eigenvalue weighted by atomic mass is 9.78. The molecule has 1 saturated heterocycles. The molecule has 0 amide bonds. The number of nitrogens with one attached hydrogen (secondary N) is 1. The molecule has 1 heteroatoms. The molecule has 0 bridgehead atoms. The van der Waals surface area contributed by atoms with Crippen LogP contribution >= 0.6 is 0 Å². The largest absolute Gasteiger partial charge is 0.307 e. The van der Waals surface area contributed by atoms with Gasteiger partial charge in [-0.2, -0.15) is 0 Å². The quantitative estimate of drug-likeness (QED) is 0.826. The SMILES string of the molecule is CCC1(c2ccc(C3CCC3)cc2)CCCCCN1. The summed E-state index contributed by atoms with van der Waals surface area (Å²) in [5.41, 5.74) is 3.32. The minimum absolute atomic E-state index is 0.245. The summed E-state index contributed by atoms with van der Waals surface area (Å²) in [7, 11) is 0. The van der Waals surface area contributed by atoms with Crippen LogP contribution in [0.25, 0.3) is 0 Å². The zero-order valence-corrected chi connectivity index (χ0v) is 12.3. The van der Waals surface area contributed by atoms with E-state index in [4.69, 9.17) is 0 Å². The van der Waals surface area contributed by atoms with Crippen LogP contribution in [0.15, 0.2) is 24.3 Å². The molecule has 1 unspecified atom stereocenters. The molecule has 0 aromatic heterocycles. The van der Waals surface area contributed by atoms with Crippen molar-refractivity contribution in [2.75, 3.05) is 6.54 Å². The van der Waals surface area contributed by atoms with E-state index in [1.807, 2.05) is 0 Å². The van der Waals surface area contributed by atoms with Gasteiger partial charge in [-0.1, -0.05) is 50.5 Å². The summed E-state index contributed by atoms with van der Waals surface area (Å²) in [4.78, 5) is 0. The fraction of sp³-hybridized carbons (Fsp3) is 0.667. The maximum Gasteiger partial charge on any atom is 0.0432 e. The van der Waals surface area contributed by atoms with E-state index in [-0.39, 0.29) is 5.54 Å². The highest BCUT2D eigenvalue weighted by Gasteiger charge is 2.30. The van der Waals surface area contributed by atoms with Crippen LogP contribution in [0.4, 0.5) is 0 Å². The maximum absolute atomic E-state index is 3.84. The Bertz CT molecular complexity index is 394. The zero-order valence-electron chi connectivity index (χ0n) is 12.3. The molecular weight excluding hydrogens is 230 g/mol. The lowest BCUT2D eigenvalue weighted by Gasteiger charge is -2.34. The van der Waals surface area contributed by atoms with Crippen LogP contribution in [-0.2, 0) is 5.54 Å². The molecule has 0 spiro atoms. The number of hydrogen-bond donors (Lipinski definition) is 1. The lowest BCUT2D eigenvalue weighted by molar-refractivity contribution is 0.312. The van der Waals surface area contributed by atoms with E-state index in [9.17, 15) is 0 Å². The van der Waals surface area contributed by atoms with Crippen LogP contribution in [0, 0.1) is 0 Å². The van der Waals surface area contributed by atoms with Gasteiger partial charge in [0.15, 0.2) is 0 Å². The van der Waals surface area contributed by atoms with Gasteiger partial charge in [-0.3, -0.25) is 0 Å². The molecule has 1 nitrogen and oxygen atoms in total. The molecule has 1 aliphatic heterocycles. The van der Waals surface area contributed by atoms with Gasteiger partial charge in [-0.15, -0.1) is 0 Å². The van der Waals surface area contributed by atoms with E-state index in [1.165, 1.54) is 63.5 Å². The number of hydrogen-bond acceptors (Lipinski definition) is 1. The first kappa shape index (κ1) is 13.2. The molecule has 1 N–H and O–H groups in total. The Morgan fingerprint density at radius 2 is 1.84 bits per heavy atom. The lowest BCUT2D eigenvalue weighted by Crippen LogP contribution is -2.41. The van der Waals surface area contributed by atoms with Crippen molar-refractivity contribution in [3.63, 3.8) is 0 Å². The Kier molecular flexibility index (Phi) is 3.93. The first-order valence-corrected chi connectivity index (χ1v) is 8.19. The summed E-state index contributed by atoms with van der Waals surface area (Å²) in [6, 6.07) is 9.58. The summed E-state index contributed by atoms with van der Waals surface area (Å²) in [5.74, 6) is 0.855. The Morgan fingerprint density at radius 1 is 1.05 bits per heavy atom. The van der Waals surface area contributed by atoms with E-state index >= 15 is 0 Å². The zero-order chi connectivity index (χ0) is 13.1. The van der Waals surface area contributed by atoms with Crippen molar-refractivity contribution >= 4 is 0 Å². The summed E-state index contributed by atoms with van der Waals surface area (Å²) < 4.78 is 0. The van der Waals surface area contributed by atoms with Gasteiger partial charge in [0.25, 0.3) is 0 Å². The Hall–Kier alpha value is -0.820. The Labute approximate surface area is 117 Å². The average molecular weight is 257 g/mol. The standard InChI is InChI=1S/C18H27N/c1-2-18(13-4-3-5-14-19-18)17-11-9-16(10-12-17)15-7-6-8-15/h9-12,15,19H,2-8,13-14H2,1H3. The predicted molar refractivity (Wildman–Crippen MR) is 81.5 cm³/mol. The van der Waals surface area contributed by atoms with Gasteiger partial charge in [0.1, 0.15) is 0 Å². The topological polar surface area (TPSA) is 12.0 Å². The minimum atomic E-state index is 0.245. The molecule has 1 aromatic rings. The van der Waals surface area contributed by atoms with Crippen molar-refractivity contribution in [1.29, 1.82) is 0 Å². The van der Waals surface area contributed by atoms with Gasteiger partial charge in [-0.25, -0.2) is 0 Å². The highest BCUT2D eigenvalue weighted by Crippen LogP contribution is 2.38. The summed E-state index contributed by atoms with van der Waals surface area (Å²) in [5, 5.41) is 3.84. The van der Waals surface area contributed by atoms with E-state index in [1.54, 1.807) is 5.56 Å². The van der Waals surface area contributed by atoms with Crippen molar-refractivity contribution in [2.24, 2.45) is 0 Å². The molecule has 1 atom stereocenters. The number of benzene rings is 1. The van der Waals surface area contributed by atoms with Crippen molar-refractivity contribution < 1.29 is 0 Å². The van der Waals surface area contributed by atoms with Gasteiger partial charge in [0, 0.05) is 5.54 Å². The minimum Gasteiger partial charge on any atom is -0.307 e. The monoisotopic (exact) mass is 257 g/mol. The molecule has 0 radical (unpaired) electrons. The second-order valence-corrected chi connectivity index (χ2v) is 6.42. The van der Waals surface area contributed by atoms with Crippen LogP contribution in [0.2, 0.25) is 0 Å². The second-order valence-electron chi connectivity index (χ2n) is 6.42. The van der Waals surface area contributed by atoms with E-state index in [0.717, 1.165) is 5.92 Å². The highest BCUT2D eigenvalue weighted by molar-refractivity contribution is 5.31. The van der Waals surface area contributed by atoms with Crippen LogP contribution in [0.3, 0.4) is 0 Å². The molecule has 1 aromatic carbocycles. The Morgan fingerprint density at radius 3 is 2.47 bits per heavy atom. The molecular formula is C18H27N. The maximum atomic E-state index is 3.84. The fourth-order valence-corrected chi connectivity index (χ4v) is 3.71. The van der Waals surface area contributed by atoms with Crippen LogP contribution in [0.5, 0.6) is 0 Å². The van der Waals surface area contributed by atoms with E-state index in [0.29, 0.717) is 0 Å². The third-order valence-corrected chi connectivity index (χ3v) is 5.39. The predicted octanol–water partition coefficient (Wildman–Crippen LogP) is 4.72. The molecule has 1 heterocycles. The van der Waals surface area contributed by atoms with Crippen LogP contribution in [-0.4, -0.2) is 6.54 Å². The van der Waals surface area contributed by atoms with E-state index in [2.05, 4.69) is 36.5 Å². The molecule has 19 heavy (non-hydrogen) atoms. The summed E-state index contributed by atoms with van der Waals surface area (Å²) >= 11 is 0. The first-order valence-electron chi connectivity index (χ1n) is 8.19. The molecule has 2 aliphatic rings. The van der Waals surface area contributed by atoms with Gasteiger partial charge in [-0.05, 0) is 55.7 Å². The third kappa shape index (κ3) is 2.58.